The molecule has 0 saturated heterocycles. The summed E-state index contributed by atoms with van der Waals surface area (Å²) in [5, 5.41) is 0.479. The van der Waals surface area contributed by atoms with Crippen molar-refractivity contribution < 1.29 is 19.1 Å². The number of hydrogen-bond donors (Lipinski definition) is 0. The lowest BCUT2D eigenvalue weighted by atomic mass is 10.0. The average Bonchev–Trinajstić information content (AvgIpc) is 3.32. The molecule has 7 heteroatoms. The second kappa shape index (κ2) is 10.6. The van der Waals surface area contributed by atoms with Gasteiger partial charge in [-0.05, 0) is 72.8 Å². The number of halogens is 1. The van der Waals surface area contributed by atoms with Crippen LogP contribution in [0.15, 0.2) is 103 Å². The van der Waals surface area contributed by atoms with Crippen LogP contribution in [-0.4, -0.2) is 29.9 Å². The lowest BCUT2D eigenvalue weighted by Crippen LogP contribution is -2.21. The number of rotatable bonds is 7. The Kier molecular flexibility index (Phi) is 6.92. The molecule has 0 atom stereocenters. The second-order valence-electron chi connectivity index (χ2n) is 8.11. The highest BCUT2D eigenvalue weighted by molar-refractivity contribution is 6.33. The van der Waals surface area contributed by atoms with E-state index in [1.165, 1.54) is 4.73 Å². The first-order chi connectivity index (χ1) is 18.1. The molecule has 0 radical (unpaired) electrons. The van der Waals surface area contributed by atoms with Gasteiger partial charge in [-0.15, -0.1) is 0 Å². The first kappa shape index (κ1) is 24.2. The molecule has 1 aromatic heterocycles. The number of nitrogens with zero attached hydrogens (tertiary/aromatic N) is 2. The van der Waals surface area contributed by atoms with Crippen molar-refractivity contribution in [3.8, 4) is 45.4 Å². The monoisotopic (exact) mass is 510 g/mol. The maximum absolute atomic E-state index is 13.3. The third kappa shape index (κ3) is 4.92. The molecule has 37 heavy (non-hydrogen) atoms. The molecule has 0 saturated carbocycles. The van der Waals surface area contributed by atoms with Gasteiger partial charge in [0.1, 0.15) is 22.9 Å². The van der Waals surface area contributed by atoms with Crippen molar-refractivity contribution in [3.05, 3.63) is 114 Å². The number of methoxy groups -OCH3 is 2. The van der Waals surface area contributed by atoms with E-state index in [9.17, 15) is 4.79 Å². The number of hydrogen-bond acceptors (Lipinski definition) is 5. The largest absolute Gasteiger partial charge is 0.497 e. The highest BCUT2D eigenvalue weighted by Crippen LogP contribution is 2.38. The van der Waals surface area contributed by atoms with Gasteiger partial charge in [-0.2, -0.15) is 4.73 Å². The molecule has 0 spiro atoms. The van der Waals surface area contributed by atoms with Gasteiger partial charge in [0.15, 0.2) is 5.82 Å². The van der Waals surface area contributed by atoms with E-state index in [4.69, 9.17) is 30.9 Å². The Morgan fingerprint density at radius 3 is 1.89 bits per heavy atom. The molecule has 5 aromatic rings. The van der Waals surface area contributed by atoms with Crippen LogP contribution in [0.3, 0.4) is 0 Å². The molecule has 1 heterocycles. The maximum atomic E-state index is 13.3. The molecule has 0 fully saturated rings. The highest BCUT2D eigenvalue weighted by Gasteiger charge is 2.26. The first-order valence-corrected chi connectivity index (χ1v) is 11.9. The third-order valence-corrected chi connectivity index (χ3v) is 6.19. The fourth-order valence-corrected chi connectivity index (χ4v) is 4.19. The lowest BCUT2D eigenvalue weighted by molar-refractivity contribution is 0.0476. The van der Waals surface area contributed by atoms with Crippen molar-refractivity contribution in [1.29, 1.82) is 0 Å². The van der Waals surface area contributed by atoms with Crippen molar-refractivity contribution >= 4 is 17.6 Å². The van der Waals surface area contributed by atoms with Gasteiger partial charge in [0.05, 0.1) is 24.8 Å². The molecule has 0 aliphatic rings. The minimum atomic E-state index is -0.526. The molecule has 6 nitrogen and oxygen atoms in total. The van der Waals surface area contributed by atoms with Crippen LogP contribution >= 0.6 is 11.6 Å². The third-order valence-electron chi connectivity index (χ3n) is 5.86. The summed E-state index contributed by atoms with van der Waals surface area (Å²) < 4.78 is 12.1. The molecule has 0 bridgehead atoms. The summed E-state index contributed by atoms with van der Waals surface area (Å²) in [4.78, 5) is 24.2. The van der Waals surface area contributed by atoms with Crippen LogP contribution in [0, 0.1) is 0 Å². The smallest absolute Gasteiger partial charge is 0.363 e. The number of aromatic nitrogens is 2. The Balaban J connectivity index is 1.77. The number of carbonyl (C=O) groups is 1. The van der Waals surface area contributed by atoms with E-state index in [2.05, 4.69) is 0 Å². The van der Waals surface area contributed by atoms with E-state index in [1.54, 1.807) is 44.6 Å². The van der Waals surface area contributed by atoms with Crippen molar-refractivity contribution in [3.63, 3.8) is 0 Å². The van der Waals surface area contributed by atoms with Crippen molar-refractivity contribution in [2.45, 2.75) is 0 Å². The summed E-state index contributed by atoms with van der Waals surface area (Å²) in [6.07, 6.45) is 0. The maximum Gasteiger partial charge on any atom is 0.363 e. The minimum Gasteiger partial charge on any atom is -0.497 e. The number of imidazole rings is 1. The Morgan fingerprint density at radius 1 is 0.730 bits per heavy atom. The summed E-state index contributed by atoms with van der Waals surface area (Å²) in [5.74, 6) is 1.29. The summed E-state index contributed by atoms with van der Waals surface area (Å²) in [7, 11) is 3.23. The molecule has 0 aliphatic heterocycles. The standard InChI is InChI=1S/C30H23ClN2O4/c1-35-23-16-12-20(13-17-23)27-28(21-14-18-24(36-2)19-15-21)33(37-30(34)22-8-4-3-5-9-22)29(32-27)25-10-6-7-11-26(25)31/h3-19H,1-2H3. The van der Waals surface area contributed by atoms with Crippen LogP contribution in [0.5, 0.6) is 11.5 Å². The van der Waals surface area contributed by atoms with E-state index in [-0.39, 0.29) is 0 Å². The molecule has 0 N–H and O–H groups in total. The van der Waals surface area contributed by atoms with E-state index < -0.39 is 5.97 Å². The Bertz CT molecular complexity index is 1530. The SMILES string of the molecule is COc1ccc(-c2nc(-c3ccccc3Cl)n(OC(=O)c3ccccc3)c2-c2ccc(OC)cc2)cc1. The minimum absolute atomic E-state index is 0.395. The van der Waals surface area contributed by atoms with E-state index >= 15 is 0 Å². The second-order valence-corrected chi connectivity index (χ2v) is 8.52. The van der Waals surface area contributed by atoms with Crippen LogP contribution in [0.4, 0.5) is 0 Å². The van der Waals surface area contributed by atoms with Crippen LogP contribution in [0.25, 0.3) is 33.9 Å². The molecule has 4 aromatic carbocycles. The van der Waals surface area contributed by atoms with Crippen LogP contribution in [0.2, 0.25) is 5.02 Å². The number of benzene rings is 4. The Morgan fingerprint density at radius 2 is 1.30 bits per heavy atom. The highest BCUT2D eigenvalue weighted by atomic mass is 35.5. The summed E-state index contributed by atoms with van der Waals surface area (Å²) >= 11 is 6.59. The van der Waals surface area contributed by atoms with Crippen molar-refractivity contribution in [2.24, 2.45) is 0 Å². The zero-order chi connectivity index (χ0) is 25.8. The van der Waals surface area contributed by atoms with Gasteiger partial charge in [-0.25, -0.2) is 9.78 Å². The van der Waals surface area contributed by atoms with Crippen LogP contribution in [-0.2, 0) is 0 Å². The van der Waals surface area contributed by atoms with Crippen molar-refractivity contribution in [2.75, 3.05) is 14.2 Å². The van der Waals surface area contributed by atoms with Gasteiger partial charge in [-0.1, -0.05) is 41.9 Å². The normalized spacial score (nSPS) is 10.7. The van der Waals surface area contributed by atoms with Gasteiger partial charge < -0.3 is 14.3 Å². The van der Waals surface area contributed by atoms with E-state index in [1.807, 2.05) is 72.8 Å². The van der Waals surface area contributed by atoms with Gasteiger partial charge in [0.2, 0.25) is 0 Å². The molecule has 5 rings (SSSR count). The predicted octanol–water partition coefficient (Wildman–Crippen LogP) is 6.82. The van der Waals surface area contributed by atoms with Gasteiger partial charge in [0.25, 0.3) is 0 Å². The first-order valence-electron chi connectivity index (χ1n) is 11.5. The van der Waals surface area contributed by atoms with Gasteiger partial charge >= 0.3 is 5.97 Å². The summed E-state index contributed by atoms with van der Waals surface area (Å²) in [6, 6.07) is 31.1. The van der Waals surface area contributed by atoms with Crippen LogP contribution in [0.1, 0.15) is 10.4 Å². The summed E-state index contributed by atoms with van der Waals surface area (Å²) in [6.45, 7) is 0. The molecular formula is C30H23ClN2O4. The van der Waals surface area contributed by atoms with E-state index in [0.29, 0.717) is 39.1 Å². The predicted molar refractivity (Wildman–Crippen MR) is 144 cm³/mol. The van der Waals surface area contributed by atoms with Crippen molar-refractivity contribution in [1.82, 2.24) is 9.71 Å². The molecular weight excluding hydrogens is 488 g/mol. The fourth-order valence-electron chi connectivity index (χ4n) is 3.97. The quantitative estimate of drug-likeness (QED) is 0.240. The summed E-state index contributed by atoms with van der Waals surface area (Å²) in [5.41, 5.74) is 3.83. The van der Waals surface area contributed by atoms with Gasteiger partial charge in [-0.3, -0.25) is 0 Å². The molecule has 184 valence electrons. The topological polar surface area (TPSA) is 62.6 Å². The number of carbonyl (C=O) groups excluding carboxylic acids is 1. The Labute approximate surface area is 219 Å². The lowest BCUT2D eigenvalue weighted by Gasteiger charge is -2.14. The Hall–Kier alpha value is -4.55. The van der Waals surface area contributed by atoms with E-state index in [0.717, 1.165) is 16.9 Å². The molecule has 0 aliphatic carbocycles. The van der Waals surface area contributed by atoms with Gasteiger partial charge in [0, 0.05) is 16.7 Å². The zero-order valence-electron chi connectivity index (χ0n) is 20.2. The zero-order valence-corrected chi connectivity index (χ0v) is 21.0. The molecule has 0 unspecified atom stereocenters. The molecule has 0 amide bonds. The van der Waals surface area contributed by atoms with Crippen LogP contribution < -0.4 is 14.3 Å². The number of ether oxygens (including phenoxy) is 2. The average molecular weight is 511 g/mol. The fraction of sp³-hybridized carbons (Fsp3) is 0.0667.